The molecule has 1 aliphatic heterocycles. The largest absolute Gasteiger partial charge is 0.379 e. The van der Waals surface area contributed by atoms with Gasteiger partial charge in [-0.1, -0.05) is 75.4 Å². The number of ketones is 1. The molecule has 3 N–H and O–H groups in total. The maximum atomic E-state index is 13.7. The Kier molecular flexibility index (Phi) is 11.2. The van der Waals surface area contributed by atoms with Crippen molar-refractivity contribution in [2.45, 2.75) is 65.8 Å². The maximum absolute atomic E-state index is 13.7. The number of carbonyl (C=O) groups is 3. The van der Waals surface area contributed by atoms with Crippen molar-refractivity contribution in [3.63, 3.8) is 0 Å². The number of fused-ring (bicyclic) bond motifs is 5. The molecule has 1 atom stereocenters. The lowest BCUT2D eigenvalue weighted by Crippen LogP contribution is -2.34. The average Bonchev–Trinajstić information content (AvgIpc) is 3.42. The van der Waals surface area contributed by atoms with Crippen molar-refractivity contribution in [3.8, 4) is 22.5 Å². The van der Waals surface area contributed by atoms with E-state index >= 15 is 0 Å². The molecule has 1 unspecified atom stereocenters. The number of para-hydroxylation sites is 1. The van der Waals surface area contributed by atoms with Crippen LogP contribution in [0.15, 0.2) is 48.5 Å². The molecule has 0 fully saturated rings. The molecule has 0 aliphatic carbocycles. The summed E-state index contributed by atoms with van der Waals surface area (Å²) in [4.78, 5) is 39.6. The number of nitrogens with zero attached hydrogens (tertiary/aromatic N) is 4. The highest BCUT2D eigenvalue weighted by Crippen LogP contribution is 2.41. The van der Waals surface area contributed by atoms with Crippen molar-refractivity contribution in [1.29, 1.82) is 0 Å². The summed E-state index contributed by atoms with van der Waals surface area (Å²) in [5, 5.41) is 25.9. The Balaban J connectivity index is 1.50. The summed E-state index contributed by atoms with van der Waals surface area (Å²) in [6.45, 7) is 9.20. The molecule has 0 saturated carbocycles. The maximum Gasteiger partial charge on any atom is 0.227 e. The number of aromatic nitrogens is 3. The minimum absolute atomic E-state index is 0.0113. The molecule has 2 amide bonds. The van der Waals surface area contributed by atoms with Gasteiger partial charge in [-0.05, 0) is 11.6 Å². The molecule has 0 spiro atoms. The molecule has 0 radical (unpaired) electrons. The van der Waals surface area contributed by atoms with Gasteiger partial charge in [0.25, 0.3) is 0 Å². The van der Waals surface area contributed by atoms with Crippen LogP contribution in [0.1, 0.15) is 58.7 Å². The van der Waals surface area contributed by atoms with Crippen LogP contribution < -0.4 is 15.5 Å². The second kappa shape index (κ2) is 15.0. The van der Waals surface area contributed by atoms with E-state index in [0.29, 0.717) is 55.4 Å². The van der Waals surface area contributed by atoms with Gasteiger partial charge >= 0.3 is 0 Å². The Labute approximate surface area is 252 Å². The van der Waals surface area contributed by atoms with Crippen molar-refractivity contribution in [3.05, 3.63) is 54.1 Å². The lowest BCUT2D eigenvalue weighted by atomic mass is 9.95. The minimum atomic E-state index is -0.981. The number of aliphatic hydroxyl groups is 1. The van der Waals surface area contributed by atoms with Gasteiger partial charge in [-0.15, -0.1) is 5.10 Å². The molecule has 4 rings (SSSR count). The molecular formula is C32H42N6O5. The van der Waals surface area contributed by atoms with Gasteiger partial charge in [0, 0.05) is 55.4 Å². The highest BCUT2D eigenvalue weighted by molar-refractivity contribution is 6.01. The Hall–Kier alpha value is -3.93. The SMILES string of the molecule is CC(C)NCC(O)n1nnc2c1-c1ccccc1N(C(=O)CCC(=O)NCCOCCC(=O)C(C)C)Cc1ccccc1-2. The van der Waals surface area contributed by atoms with E-state index in [1.54, 1.807) is 4.90 Å². The number of Topliss-reactive ketones (excluding diaryl/α,β-unsaturated/α-hetero) is 1. The van der Waals surface area contributed by atoms with E-state index in [2.05, 4.69) is 20.9 Å². The van der Waals surface area contributed by atoms with Gasteiger partial charge in [-0.3, -0.25) is 14.4 Å². The van der Waals surface area contributed by atoms with E-state index in [-0.39, 0.29) is 48.9 Å². The Morgan fingerprint density at radius 3 is 2.42 bits per heavy atom. The van der Waals surface area contributed by atoms with Crippen LogP contribution in [-0.4, -0.2) is 70.0 Å². The third kappa shape index (κ3) is 8.13. The second-order valence-electron chi connectivity index (χ2n) is 11.3. The van der Waals surface area contributed by atoms with Crippen molar-refractivity contribution < 1.29 is 24.2 Å². The Morgan fingerprint density at radius 2 is 1.67 bits per heavy atom. The number of nitrogens with one attached hydrogen (secondary N) is 2. The first-order valence-electron chi connectivity index (χ1n) is 14.9. The first-order valence-corrected chi connectivity index (χ1v) is 14.9. The van der Waals surface area contributed by atoms with E-state index in [9.17, 15) is 19.5 Å². The van der Waals surface area contributed by atoms with Gasteiger partial charge in [0.2, 0.25) is 11.8 Å². The number of carbonyl (C=O) groups excluding carboxylic acids is 3. The number of rotatable bonds is 14. The molecule has 43 heavy (non-hydrogen) atoms. The molecule has 1 aliphatic rings. The van der Waals surface area contributed by atoms with Crippen molar-refractivity contribution in [1.82, 2.24) is 25.6 Å². The number of ether oxygens (including phenoxy) is 1. The average molecular weight is 591 g/mol. The smallest absolute Gasteiger partial charge is 0.227 e. The monoisotopic (exact) mass is 590 g/mol. The van der Waals surface area contributed by atoms with Crippen LogP contribution in [-0.2, 0) is 25.7 Å². The quantitative estimate of drug-likeness (QED) is 0.243. The fourth-order valence-corrected chi connectivity index (χ4v) is 4.91. The molecule has 11 nitrogen and oxygen atoms in total. The van der Waals surface area contributed by atoms with Crippen LogP contribution in [0.4, 0.5) is 5.69 Å². The van der Waals surface area contributed by atoms with Gasteiger partial charge in [0.05, 0.1) is 25.4 Å². The summed E-state index contributed by atoms with van der Waals surface area (Å²) >= 11 is 0. The lowest BCUT2D eigenvalue weighted by molar-refractivity contribution is -0.125. The van der Waals surface area contributed by atoms with Crippen molar-refractivity contribution >= 4 is 23.3 Å². The van der Waals surface area contributed by atoms with E-state index in [1.807, 2.05) is 76.2 Å². The molecule has 1 aromatic heterocycles. The standard InChI is InChI=1S/C32H42N6O5/c1-21(2)27(39)15-17-43-18-16-33-28(40)13-14-29(41)37-20-23-9-5-6-10-24(23)31-32(25-11-7-8-12-26(25)37)38(36-35-31)30(42)19-34-22(3)4/h5-12,21-22,30,34,42H,13-20H2,1-4H3,(H,33,40). The minimum Gasteiger partial charge on any atom is -0.379 e. The number of amides is 2. The van der Waals surface area contributed by atoms with Gasteiger partial charge < -0.3 is 25.4 Å². The predicted octanol–water partition coefficient (Wildman–Crippen LogP) is 3.48. The van der Waals surface area contributed by atoms with Crippen LogP contribution in [0.5, 0.6) is 0 Å². The highest BCUT2D eigenvalue weighted by Gasteiger charge is 2.30. The molecular weight excluding hydrogens is 548 g/mol. The van der Waals surface area contributed by atoms with Crippen LogP contribution in [0.2, 0.25) is 0 Å². The molecule has 11 heteroatoms. The molecule has 3 aromatic rings. The van der Waals surface area contributed by atoms with Crippen molar-refractivity contribution in [2.24, 2.45) is 5.92 Å². The van der Waals surface area contributed by atoms with Gasteiger partial charge in [0.15, 0.2) is 6.23 Å². The van der Waals surface area contributed by atoms with Crippen LogP contribution in [0.25, 0.3) is 22.5 Å². The fraction of sp³-hybridized carbons (Fsp3) is 0.469. The van der Waals surface area contributed by atoms with Crippen LogP contribution >= 0.6 is 0 Å². The summed E-state index contributed by atoms with van der Waals surface area (Å²) in [7, 11) is 0. The van der Waals surface area contributed by atoms with Gasteiger partial charge in [0.1, 0.15) is 17.2 Å². The van der Waals surface area contributed by atoms with E-state index < -0.39 is 6.23 Å². The molecule has 230 valence electrons. The highest BCUT2D eigenvalue weighted by atomic mass is 16.5. The van der Waals surface area contributed by atoms with Crippen LogP contribution in [0.3, 0.4) is 0 Å². The zero-order chi connectivity index (χ0) is 30.9. The van der Waals surface area contributed by atoms with E-state index in [1.165, 1.54) is 4.68 Å². The normalized spacial score (nSPS) is 13.1. The first kappa shape index (κ1) is 32.0. The molecule has 2 aromatic carbocycles. The number of hydrogen-bond acceptors (Lipinski definition) is 8. The topological polar surface area (TPSA) is 139 Å². The fourth-order valence-electron chi connectivity index (χ4n) is 4.91. The predicted molar refractivity (Wildman–Crippen MR) is 164 cm³/mol. The summed E-state index contributed by atoms with van der Waals surface area (Å²) in [6.07, 6.45) is -0.592. The number of anilines is 1. The van der Waals surface area contributed by atoms with Gasteiger partial charge in [-0.25, -0.2) is 4.68 Å². The first-order chi connectivity index (χ1) is 20.7. The molecule has 2 heterocycles. The van der Waals surface area contributed by atoms with Gasteiger partial charge in [-0.2, -0.15) is 0 Å². The number of aliphatic hydroxyl groups excluding tert-OH is 1. The zero-order valence-corrected chi connectivity index (χ0v) is 25.4. The van der Waals surface area contributed by atoms with E-state index in [4.69, 9.17) is 4.74 Å². The molecule has 0 bridgehead atoms. The zero-order valence-electron chi connectivity index (χ0n) is 25.4. The summed E-state index contributed by atoms with van der Waals surface area (Å²) in [6, 6.07) is 15.4. The molecule has 0 saturated heterocycles. The summed E-state index contributed by atoms with van der Waals surface area (Å²) in [5.74, 6) is -0.326. The van der Waals surface area contributed by atoms with Crippen molar-refractivity contribution in [2.75, 3.05) is 31.2 Å². The second-order valence-corrected chi connectivity index (χ2v) is 11.3. The Morgan fingerprint density at radius 1 is 0.953 bits per heavy atom. The summed E-state index contributed by atoms with van der Waals surface area (Å²) < 4.78 is 6.96. The third-order valence-corrected chi connectivity index (χ3v) is 7.31. The number of hydrogen-bond donors (Lipinski definition) is 3. The van der Waals surface area contributed by atoms with Crippen LogP contribution in [0, 0.1) is 5.92 Å². The van der Waals surface area contributed by atoms with E-state index in [0.717, 1.165) is 11.1 Å². The third-order valence-electron chi connectivity index (χ3n) is 7.31. The summed E-state index contributed by atoms with van der Waals surface area (Å²) in [5.41, 5.74) is 4.33. The Bertz CT molecular complexity index is 1420. The lowest BCUT2D eigenvalue weighted by Gasteiger charge is -2.29. The number of benzene rings is 2.